The van der Waals surface area contributed by atoms with E-state index in [1.54, 1.807) is 0 Å². The van der Waals surface area contributed by atoms with Crippen LogP contribution in [0.2, 0.25) is 0 Å². The number of piperidine rings is 3. The van der Waals surface area contributed by atoms with E-state index in [1.807, 2.05) is 0 Å². The molecule has 0 aromatic carbocycles. The molecule has 0 aromatic rings. The van der Waals surface area contributed by atoms with Crippen molar-refractivity contribution < 1.29 is 24.3 Å². The van der Waals surface area contributed by atoms with Crippen molar-refractivity contribution in [3.05, 3.63) is 44.7 Å². The van der Waals surface area contributed by atoms with Gasteiger partial charge in [-0.15, -0.1) is 32.2 Å². The second kappa shape index (κ2) is 16.4. The molecule has 4 aliphatic heterocycles. The van der Waals surface area contributed by atoms with Crippen LogP contribution in [-0.4, -0.2) is 48.3 Å². The van der Waals surface area contributed by atoms with E-state index in [2.05, 4.69) is 95.2 Å². The van der Waals surface area contributed by atoms with Crippen LogP contribution >= 0.6 is 0 Å². The zero-order valence-electron chi connectivity index (χ0n) is 29.8. The van der Waals surface area contributed by atoms with E-state index in [1.165, 1.54) is 43.4 Å². The number of nitrogens with zero attached hydrogens (tertiary/aromatic N) is 4. The van der Waals surface area contributed by atoms with E-state index in [-0.39, 0.29) is 5.41 Å². The fourth-order valence-corrected chi connectivity index (χ4v) is 6.98. The first kappa shape index (κ1) is 38.7. The van der Waals surface area contributed by atoms with Crippen molar-refractivity contribution >= 4 is 0 Å². The monoisotopic (exact) mass is 636 g/mol. The van der Waals surface area contributed by atoms with Crippen LogP contribution in [0.5, 0.6) is 0 Å². The van der Waals surface area contributed by atoms with Crippen LogP contribution in [0.4, 0.5) is 0 Å². The van der Waals surface area contributed by atoms with E-state index in [4.69, 9.17) is 29.0 Å². The molecule has 0 aliphatic carbocycles. The Balaban J connectivity index is 0.000000275. The summed E-state index contributed by atoms with van der Waals surface area (Å²) in [5.41, 5.74) is 4.06. The summed E-state index contributed by atoms with van der Waals surface area (Å²) in [5.74, 6) is 2.38. The normalized spacial score (nSPS) is 30.7. The predicted molar refractivity (Wildman–Crippen MR) is 179 cm³/mol. The summed E-state index contributed by atoms with van der Waals surface area (Å²) < 4.78 is 15.7. The summed E-state index contributed by atoms with van der Waals surface area (Å²) in [5, 5.41) is 19.4. The fourth-order valence-electron chi connectivity index (χ4n) is 6.98. The summed E-state index contributed by atoms with van der Waals surface area (Å²) in [6, 6.07) is 1.32. The fraction of sp³-hybridized carbons (Fsp3) is 0.889. The molecule has 1 N–H and O–H groups in total. The topological polar surface area (TPSA) is 93.7 Å². The zero-order valence-corrected chi connectivity index (χ0v) is 31.2. The molecule has 4 heterocycles. The van der Waals surface area contributed by atoms with Crippen molar-refractivity contribution in [1.29, 1.82) is 0 Å². The molecule has 0 amide bonds. The molecule has 6 atom stereocenters. The van der Waals surface area contributed by atoms with Crippen LogP contribution < -0.4 is 0 Å². The molecule has 7 heteroatoms. The third-order valence-electron chi connectivity index (χ3n) is 10.3. The number of hydrogen-bond acceptors (Lipinski definition) is 1. The van der Waals surface area contributed by atoms with Crippen LogP contribution in [0.15, 0.2) is 23.4 Å². The van der Waals surface area contributed by atoms with Gasteiger partial charge in [-0.25, -0.2) is 0 Å². The van der Waals surface area contributed by atoms with Crippen molar-refractivity contribution in [1.82, 2.24) is 0 Å². The van der Waals surface area contributed by atoms with Gasteiger partial charge in [0.1, 0.15) is 0 Å². The Kier molecular flexibility index (Phi) is 14.7. The summed E-state index contributed by atoms with van der Waals surface area (Å²) in [6.45, 7) is 32.1. The van der Waals surface area contributed by atoms with Crippen molar-refractivity contribution in [2.75, 3.05) is 26.2 Å². The molecule has 6 unspecified atom stereocenters. The van der Waals surface area contributed by atoms with Crippen molar-refractivity contribution in [2.45, 2.75) is 140 Å². The predicted octanol–water partition coefficient (Wildman–Crippen LogP) is 10.1. The standard InChI is InChI=1S/C18H34N2.C18H30N2.H2O.O.V/c2*1-17(2,3)13-7-9-19-15(11-13)16-12-14(8-10-20-16)18(4,5)6;;;/h13-16H,7-12H2,1-6H3;7,11,14,16H,8-10,12H2,1-6H3;1H2;;/q2*-2;;;+1/p-1. The van der Waals surface area contributed by atoms with Crippen LogP contribution in [0.1, 0.15) is 122 Å². The Morgan fingerprint density at radius 2 is 1.07 bits per heavy atom. The molecule has 0 radical (unpaired) electrons. The Bertz CT molecular complexity index is 887. The first-order valence-electron chi connectivity index (χ1n) is 16.8. The van der Waals surface area contributed by atoms with Crippen LogP contribution in [-0.2, 0) is 20.3 Å². The van der Waals surface area contributed by atoms with Crippen LogP contribution in [0.3, 0.4) is 0 Å². The van der Waals surface area contributed by atoms with E-state index in [9.17, 15) is 0 Å². The van der Waals surface area contributed by atoms with Gasteiger partial charge in [0, 0.05) is 0 Å². The third-order valence-corrected chi connectivity index (χ3v) is 10.3. The van der Waals surface area contributed by atoms with Gasteiger partial charge >= 0.3 is 24.3 Å². The van der Waals surface area contributed by atoms with Crippen LogP contribution in [0.25, 0.3) is 21.3 Å². The Morgan fingerprint density at radius 3 is 1.47 bits per heavy atom. The SMILES string of the molecule is CC(C)(C)C1=CC[N-]C(C2CC(C(C)(C)C)CC[N-]2)=C1.CC(C)(C)C1CC[N-]C(C2CC(C(C)(C)C)CC[N-]2)C1.[O]=[V][OH]. The second-order valence-corrected chi connectivity index (χ2v) is 17.8. The summed E-state index contributed by atoms with van der Waals surface area (Å²) in [7, 11) is 0. The Labute approximate surface area is 273 Å². The molecule has 3 saturated heterocycles. The average Bonchev–Trinajstić information content (AvgIpc) is 2.92. The molecule has 0 spiro atoms. The van der Waals surface area contributed by atoms with Crippen molar-refractivity contribution in [2.24, 2.45) is 39.4 Å². The van der Waals surface area contributed by atoms with E-state index < -0.39 is 16.6 Å². The molecular formula is C36H65N4O2V-4. The third kappa shape index (κ3) is 12.7. The molecule has 0 saturated carbocycles. The average molecular weight is 637 g/mol. The van der Waals surface area contributed by atoms with Gasteiger partial charge < -0.3 is 21.3 Å². The molecule has 3 fully saturated rings. The summed E-state index contributed by atoms with van der Waals surface area (Å²) in [6.07, 6.45) is 12.0. The van der Waals surface area contributed by atoms with E-state index in [0.29, 0.717) is 34.4 Å². The van der Waals surface area contributed by atoms with Gasteiger partial charge in [0.2, 0.25) is 0 Å². The summed E-state index contributed by atoms with van der Waals surface area (Å²) in [4.78, 5) is 0. The molecule has 4 aliphatic rings. The van der Waals surface area contributed by atoms with Gasteiger partial charge in [-0.3, -0.25) is 0 Å². The molecule has 43 heavy (non-hydrogen) atoms. The summed E-state index contributed by atoms with van der Waals surface area (Å²) >= 11 is -1.56. The molecule has 0 aromatic heterocycles. The number of hydrogen-bond donors (Lipinski definition) is 1. The first-order chi connectivity index (χ1) is 19.8. The Morgan fingerprint density at radius 1 is 0.674 bits per heavy atom. The van der Waals surface area contributed by atoms with Gasteiger partial charge in [0.05, 0.1) is 0 Å². The van der Waals surface area contributed by atoms with E-state index >= 15 is 0 Å². The molecular weight excluding hydrogens is 571 g/mol. The van der Waals surface area contributed by atoms with Gasteiger partial charge in [-0.1, -0.05) is 134 Å². The van der Waals surface area contributed by atoms with E-state index in [0.717, 1.165) is 50.4 Å². The minimum atomic E-state index is -1.56. The zero-order chi connectivity index (χ0) is 32.6. The minimum absolute atomic E-state index is 0.208. The van der Waals surface area contributed by atoms with Gasteiger partial charge in [0.15, 0.2) is 0 Å². The molecule has 0 bridgehead atoms. The molecule has 250 valence electrons. The van der Waals surface area contributed by atoms with Gasteiger partial charge in [0.25, 0.3) is 0 Å². The van der Waals surface area contributed by atoms with Gasteiger partial charge in [-0.05, 0) is 45.0 Å². The number of allylic oxidation sites excluding steroid dienone is 2. The van der Waals surface area contributed by atoms with Gasteiger partial charge in [-0.2, -0.15) is 17.8 Å². The number of rotatable bonds is 2. The molecule has 4 rings (SSSR count). The molecule has 6 nitrogen and oxygen atoms in total. The maximum atomic E-state index is 8.58. The van der Waals surface area contributed by atoms with Crippen molar-refractivity contribution in [3.8, 4) is 0 Å². The second-order valence-electron chi connectivity index (χ2n) is 17.5. The Hall–Kier alpha value is -0.496. The van der Waals surface area contributed by atoms with Crippen molar-refractivity contribution in [3.63, 3.8) is 0 Å². The quantitative estimate of drug-likeness (QED) is 0.327. The first-order valence-corrected chi connectivity index (χ1v) is 18.0. The maximum absolute atomic E-state index is 8.58. The van der Waals surface area contributed by atoms with Crippen LogP contribution in [0, 0.1) is 39.4 Å².